The molecule has 0 radical (unpaired) electrons. The Morgan fingerprint density at radius 3 is 2.35 bits per heavy atom. The van der Waals surface area contributed by atoms with Gasteiger partial charge in [-0.05, 0) is 43.9 Å². The molecule has 0 amide bonds. The highest BCUT2D eigenvalue weighted by Gasteiger charge is 2.21. The molecule has 0 saturated heterocycles. The van der Waals surface area contributed by atoms with E-state index < -0.39 is 14.9 Å². The Kier molecular flexibility index (Phi) is 6.19. The quantitative estimate of drug-likeness (QED) is 0.546. The van der Waals surface area contributed by atoms with E-state index in [0.29, 0.717) is 11.6 Å². The number of nitrogens with two attached hydrogens (primary N) is 1. The largest absolute Gasteiger partial charge is 0.378 e. The second kappa shape index (κ2) is 8.00. The zero-order valence-corrected chi connectivity index (χ0v) is 15.8. The van der Waals surface area contributed by atoms with Crippen molar-refractivity contribution in [3.63, 3.8) is 0 Å². The molecule has 2 aromatic rings. The van der Waals surface area contributed by atoms with E-state index in [4.69, 9.17) is 16.7 Å². The number of nitrogens with one attached hydrogen (secondary N) is 1. The van der Waals surface area contributed by atoms with E-state index in [0.717, 1.165) is 11.6 Å². The van der Waals surface area contributed by atoms with E-state index in [1.54, 1.807) is 12.1 Å². The molecule has 8 nitrogen and oxygen atoms in total. The molecule has 1 unspecified atom stereocenters. The van der Waals surface area contributed by atoms with Crippen molar-refractivity contribution in [2.24, 2.45) is 5.14 Å². The third kappa shape index (κ3) is 4.92. The van der Waals surface area contributed by atoms with Gasteiger partial charge in [0.25, 0.3) is 5.69 Å². The van der Waals surface area contributed by atoms with Gasteiger partial charge in [-0.2, -0.15) is 0 Å². The smallest absolute Gasteiger partial charge is 0.293 e. The Morgan fingerprint density at radius 1 is 1.23 bits per heavy atom. The molecular formula is C16H19ClN4O4S. The topological polar surface area (TPSA) is 119 Å². The van der Waals surface area contributed by atoms with E-state index in [2.05, 4.69) is 5.32 Å². The third-order valence-corrected chi connectivity index (χ3v) is 5.02. The predicted molar refractivity (Wildman–Crippen MR) is 101 cm³/mol. The van der Waals surface area contributed by atoms with Crippen LogP contribution in [-0.4, -0.2) is 38.9 Å². The van der Waals surface area contributed by atoms with Crippen molar-refractivity contribution in [2.75, 3.05) is 26.0 Å². The van der Waals surface area contributed by atoms with Crippen LogP contribution in [0.3, 0.4) is 0 Å². The Morgan fingerprint density at radius 2 is 1.85 bits per heavy atom. The monoisotopic (exact) mass is 398 g/mol. The van der Waals surface area contributed by atoms with Crippen LogP contribution < -0.4 is 10.5 Å². The number of sulfonamides is 1. The van der Waals surface area contributed by atoms with Crippen LogP contribution in [0.15, 0.2) is 47.4 Å². The van der Waals surface area contributed by atoms with Crippen molar-refractivity contribution in [1.82, 2.24) is 4.90 Å². The van der Waals surface area contributed by atoms with Gasteiger partial charge in [0.1, 0.15) is 5.69 Å². The minimum absolute atomic E-state index is 0.0789. The Balaban J connectivity index is 2.28. The zero-order chi connectivity index (χ0) is 19.5. The minimum atomic E-state index is -4.02. The Bertz CT molecular complexity index is 901. The molecule has 0 spiro atoms. The van der Waals surface area contributed by atoms with E-state index in [1.165, 1.54) is 12.1 Å². The average Bonchev–Trinajstić information content (AvgIpc) is 2.55. The zero-order valence-electron chi connectivity index (χ0n) is 14.2. The van der Waals surface area contributed by atoms with Crippen LogP contribution in [0.1, 0.15) is 11.6 Å². The third-order valence-electron chi connectivity index (χ3n) is 3.86. The molecule has 0 fully saturated rings. The van der Waals surface area contributed by atoms with Gasteiger partial charge in [-0.25, -0.2) is 13.6 Å². The highest BCUT2D eigenvalue weighted by Crippen LogP contribution is 2.29. The first kappa shape index (κ1) is 20.1. The molecule has 10 heteroatoms. The number of rotatable bonds is 7. The Labute approximate surface area is 156 Å². The van der Waals surface area contributed by atoms with Crippen LogP contribution in [0.4, 0.5) is 11.4 Å². The fraction of sp³-hybridized carbons (Fsp3) is 0.250. The summed E-state index contributed by atoms with van der Waals surface area (Å²) in [5.74, 6) is 0. The molecule has 3 N–H and O–H groups in total. The maximum atomic E-state index is 11.4. The van der Waals surface area contributed by atoms with Crippen LogP contribution in [-0.2, 0) is 10.0 Å². The summed E-state index contributed by atoms with van der Waals surface area (Å²) in [6.07, 6.45) is 0. The molecule has 0 saturated carbocycles. The molecular weight excluding hydrogens is 380 g/mol. The molecule has 26 heavy (non-hydrogen) atoms. The lowest BCUT2D eigenvalue weighted by Crippen LogP contribution is -2.27. The maximum absolute atomic E-state index is 11.4. The first-order valence-corrected chi connectivity index (χ1v) is 9.49. The number of halogens is 1. The molecule has 0 heterocycles. The molecule has 140 valence electrons. The summed E-state index contributed by atoms with van der Waals surface area (Å²) in [5.41, 5.74) is 0.837. The van der Waals surface area contributed by atoms with Gasteiger partial charge < -0.3 is 10.2 Å². The number of nitrogens with zero attached hydrogens (tertiary/aromatic N) is 2. The summed E-state index contributed by atoms with van der Waals surface area (Å²) in [6, 6.07) is 10.8. The number of primary sulfonamides is 1. The van der Waals surface area contributed by atoms with Gasteiger partial charge in [-0.15, -0.1) is 0 Å². The van der Waals surface area contributed by atoms with Gasteiger partial charge in [0, 0.05) is 17.6 Å². The van der Waals surface area contributed by atoms with Crippen LogP contribution in [0.2, 0.25) is 5.02 Å². The lowest BCUT2D eigenvalue weighted by atomic mass is 10.1. The van der Waals surface area contributed by atoms with Crippen LogP contribution in [0.5, 0.6) is 0 Å². The van der Waals surface area contributed by atoms with Crippen molar-refractivity contribution in [2.45, 2.75) is 10.9 Å². The van der Waals surface area contributed by atoms with Crippen LogP contribution >= 0.6 is 11.6 Å². The number of benzene rings is 2. The predicted octanol–water partition coefficient (Wildman–Crippen LogP) is 2.61. The van der Waals surface area contributed by atoms with Crippen molar-refractivity contribution in [1.29, 1.82) is 0 Å². The minimum Gasteiger partial charge on any atom is -0.378 e. The fourth-order valence-corrected chi connectivity index (χ4v) is 3.14. The summed E-state index contributed by atoms with van der Waals surface area (Å²) in [7, 11) is -0.244. The average molecular weight is 399 g/mol. The second-order valence-electron chi connectivity index (χ2n) is 5.89. The lowest BCUT2D eigenvalue weighted by Gasteiger charge is -2.25. The van der Waals surface area contributed by atoms with Crippen molar-refractivity contribution >= 4 is 33.0 Å². The number of likely N-dealkylation sites (N-methyl/N-ethyl adjacent to an activating group) is 1. The highest BCUT2D eigenvalue weighted by molar-refractivity contribution is 7.89. The van der Waals surface area contributed by atoms with Crippen molar-refractivity contribution in [3.05, 3.63) is 63.2 Å². The van der Waals surface area contributed by atoms with Gasteiger partial charge >= 0.3 is 0 Å². The standard InChI is InChI=1S/C16H19ClN4O4S/c1-20(2)16(11-3-5-12(17)6-4-11)10-19-14-8-7-13(26(18,24)25)9-15(14)21(22)23/h3-9,16,19H,10H2,1-2H3,(H2,18,24,25). The first-order valence-electron chi connectivity index (χ1n) is 7.56. The van der Waals surface area contributed by atoms with Crippen LogP contribution in [0, 0.1) is 10.1 Å². The maximum Gasteiger partial charge on any atom is 0.293 e. The number of nitro benzene ring substituents is 1. The van der Waals surface area contributed by atoms with E-state index >= 15 is 0 Å². The van der Waals surface area contributed by atoms with Gasteiger partial charge in [-0.3, -0.25) is 10.1 Å². The van der Waals surface area contributed by atoms with Gasteiger partial charge in [0.05, 0.1) is 15.9 Å². The molecule has 2 aromatic carbocycles. The molecule has 0 bridgehead atoms. The van der Waals surface area contributed by atoms with Gasteiger partial charge in [0.2, 0.25) is 10.0 Å². The summed E-state index contributed by atoms with van der Waals surface area (Å²) in [5, 5.41) is 20.0. The summed E-state index contributed by atoms with van der Waals surface area (Å²) in [6.45, 7) is 0.365. The summed E-state index contributed by atoms with van der Waals surface area (Å²) < 4.78 is 22.8. The molecule has 1 atom stereocenters. The molecule has 0 aliphatic heterocycles. The highest BCUT2D eigenvalue weighted by atomic mass is 35.5. The Hall–Kier alpha value is -2.20. The number of anilines is 1. The SMILES string of the molecule is CN(C)C(CNc1ccc(S(N)(=O)=O)cc1[N+](=O)[O-])c1ccc(Cl)cc1. The number of hydrogen-bond acceptors (Lipinski definition) is 6. The molecule has 0 aliphatic carbocycles. The summed E-state index contributed by atoms with van der Waals surface area (Å²) >= 11 is 5.91. The van der Waals surface area contributed by atoms with E-state index in [9.17, 15) is 18.5 Å². The molecule has 0 aromatic heterocycles. The molecule has 0 aliphatic rings. The second-order valence-corrected chi connectivity index (χ2v) is 7.89. The van der Waals surface area contributed by atoms with E-state index in [1.807, 2.05) is 31.1 Å². The van der Waals surface area contributed by atoms with Gasteiger partial charge in [0.15, 0.2) is 0 Å². The number of nitro groups is 1. The first-order chi connectivity index (χ1) is 12.1. The van der Waals surface area contributed by atoms with E-state index in [-0.39, 0.29) is 22.3 Å². The van der Waals surface area contributed by atoms with Crippen LogP contribution in [0.25, 0.3) is 0 Å². The fourth-order valence-electron chi connectivity index (χ4n) is 2.48. The molecule has 2 rings (SSSR count). The normalized spacial score (nSPS) is 12.8. The lowest BCUT2D eigenvalue weighted by molar-refractivity contribution is -0.384. The number of hydrogen-bond donors (Lipinski definition) is 2. The van der Waals surface area contributed by atoms with Gasteiger partial charge in [-0.1, -0.05) is 23.7 Å². The van der Waals surface area contributed by atoms with Crippen molar-refractivity contribution in [3.8, 4) is 0 Å². The van der Waals surface area contributed by atoms with Crippen molar-refractivity contribution < 1.29 is 13.3 Å². The summed E-state index contributed by atoms with van der Waals surface area (Å²) in [4.78, 5) is 12.3.